The van der Waals surface area contributed by atoms with Gasteiger partial charge in [-0.15, -0.1) is 11.8 Å². The average molecular weight is 300 g/mol. The average Bonchev–Trinajstić information content (AvgIpc) is 2.46. The van der Waals surface area contributed by atoms with Crippen LogP contribution in [0, 0.1) is 6.92 Å². The molecule has 0 atom stereocenters. The van der Waals surface area contributed by atoms with E-state index in [4.69, 9.17) is 0 Å². The number of amides is 1. The minimum absolute atomic E-state index is 0.0182. The summed E-state index contributed by atoms with van der Waals surface area (Å²) in [5.74, 6) is 0.432. The summed E-state index contributed by atoms with van der Waals surface area (Å²) in [7, 11) is 1.93. The third kappa shape index (κ3) is 5.25. The molecular formula is C17H20N2OS. The van der Waals surface area contributed by atoms with Crippen LogP contribution >= 0.6 is 11.8 Å². The lowest BCUT2D eigenvalue weighted by Crippen LogP contribution is -2.14. The number of hydrogen-bond donors (Lipinski definition) is 2. The first kappa shape index (κ1) is 15.6. The highest BCUT2D eigenvalue weighted by Crippen LogP contribution is 2.19. The van der Waals surface area contributed by atoms with Crippen LogP contribution in [0.25, 0.3) is 0 Å². The standard InChI is InChI=1S/C17H20N2OS/c1-13-5-3-7-15(9-13)19-17(20)12-21-16-8-4-6-14(10-16)11-18-2/h3-10,18H,11-12H2,1-2H3,(H,19,20). The maximum Gasteiger partial charge on any atom is 0.234 e. The first-order chi connectivity index (χ1) is 10.2. The number of rotatable bonds is 6. The molecule has 2 rings (SSSR count). The highest BCUT2D eigenvalue weighted by atomic mass is 32.2. The zero-order valence-electron chi connectivity index (χ0n) is 12.3. The van der Waals surface area contributed by atoms with Crippen LogP contribution in [0.4, 0.5) is 5.69 Å². The third-order valence-corrected chi connectivity index (χ3v) is 3.94. The molecule has 3 nitrogen and oxygen atoms in total. The molecule has 0 bridgehead atoms. The van der Waals surface area contributed by atoms with Crippen LogP contribution in [0.2, 0.25) is 0 Å². The molecular weight excluding hydrogens is 280 g/mol. The number of aryl methyl sites for hydroxylation is 1. The maximum atomic E-state index is 12.0. The van der Waals surface area contributed by atoms with Crippen LogP contribution in [-0.4, -0.2) is 18.7 Å². The number of carbonyl (C=O) groups excluding carboxylic acids is 1. The summed E-state index contributed by atoms with van der Waals surface area (Å²) in [6.07, 6.45) is 0. The molecule has 0 aliphatic heterocycles. The number of thioether (sulfide) groups is 1. The normalized spacial score (nSPS) is 10.4. The van der Waals surface area contributed by atoms with Crippen LogP contribution in [0.1, 0.15) is 11.1 Å². The first-order valence-electron chi connectivity index (χ1n) is 6.90. The van der Waals surface area contributed by atoms with Crippen molar-refractivity contribution in [1.82, 2.24) is 5.32 Å². The smallest absolute Gasteiger partial charge is 0.234 e. The van der Waals surface area contributed by atoms with E-state index in [2.05, 4.69) is 22.8 Å². The summed E-state index contributed by atoms with van der Waals surface area (Å²) in [4.78, 5) is 13.1. The van der Waals surface area contributed by atoms with Crippen molar-refractivity contribution in [1.29, 1.82) is 0 Å². The number of anilines is 1. The van der Waals surface area contributed by atoms with Crippen LogP contribution in [-0.2, 0) is 11.3 Å². The Hall–Kier alpha value is -1.78. The van der Waals surface area contributed by atoms with Crippen LogP contribution in [0.5, 0.6) is 0 Å². The molecule has 2 N–H and O–H groups in total. The van der Waals surface area contributed by atoms with Crippen molar-refractivity contribution in [3.8, 4) is 0 Å². The zero-order chi connectivity index (χ0) is 15.1. The molecule has 21 heavy (non-hydrogen) atoms. The predicted octanol–water partition coefficient (Wildman–Crippen LogP) is 3.45. The first-order valence-corrected chi connectivity index (χ1v) is 7.89. The van der Waals surface area contributed by atoms with Crippen molar-refractivity contribution in [3.05, 3.63) is 59.7 Å². The van der Waals surface area contributed by atoms with E-state index in [0.29, 0.717) is 5.75 Å². The second kappa shape index (κ2) is 7.86. The van der Waals surface area contributed by atoms with Gasteiger partial charge in [-0.3, -0.25) is 4.79 Å². The van der Waals surface area contributed by atoms with E-state index in [-0.39, 0.29) is 5.91 Å². The van der Waals surface area contributed by atoms with Gasteiger partial charge in [0, 0.05) is 17.1 Å². The molecule has 0 fully saturated rings. The molecule has 0 heterocycles. The van der Waals surface area contributed by atoms with Gasteiger partial charge in [0.15, 0.2) is 0 Å². The Balaban J connectivity index is 1.87. The Morgan fingerprint density at radius 1 is 1.14 bits per heavy atom. The molecule has 0 spiro atoms. The van der Waals surface area contributed by atoms with Crippen molar-refractivity contribution < 1.29 is 4.79 Å². The van der Waals surface area contributed by atoms with Crippen molar-refractivity contribution in [2.24, 2.45) is 0 Å². The SMILES string of the molecule is CNCc1cccc(SCC(=O)Nc2cccc(C)c2)c1. The van der Waals surface area contributed by atoms with Gasteiger partial charge in [0.05, 0.1) is 5.75 Å². The highest BCUT2D eigenvalue weighted by Gasteiger charge is 2.04. The molecule has 0 radical (unpaired) electrons. The van der Waals surface area contributed by atoms with Crippen molar-refractivity contribution in [3.63, 3.8) is 0 Å². The molecule has 0 unspecified atom stereocenters. The molecule has 110 valence electrons. The molecule has 0 aromatic heterocycles. The maximum absolute atomic E-state index is 12.0. The molecule has 1 amide bonds. The number of hydrogen-bond acceptors (Lipinski definition) is 3. The fraction of sp³-hybridized carbons (Fsp3) is 0.235. The van der Waals surface area contributed by atoms with Crippen LogP contribution < -0.4 is 10.6 Å². The molecule has 0 saturated carbocycles. The summed E-state index contributed by atoms with van der Waals surface area (Å²) in [6, 6.07) is 16.1. The molecule has 0 saturated heterocycles. The molecule has 0 aliphatic carbocycles. The van der Waals surface area contributed by atoms with E-state index in [1.807, 2.05) is 50.4 Å². The van der Waals surface area contributed by atoms with Gasteiger partial charge in [-0.05, 0) is 49.4 Å². The van der Waals surface area contributed by atoms with E-state index < -0.39 is 0 Å². The summed E-state index contributed by atoms with van der Waals surface area (Å²) in [5, 5.41) is 6.05. The topological polar surface area (TPSA) is 41.1 Å². The predicted molar refractivity (Wildman–Crippen MR) is 89.7 cm³/mol. The minimum Gasteiger partial charge on any atom is -0.325 e. The quantitative estimate of drug-likeness (QED) is 0.803. The number of nitrogens with one attached hydrogen (secondary N) is 2. The monoisotopic (exact) mass is 300 g/mol. The lowest BCUT2D eigenvalue weighted by molar-refractivity contribution is -0.113. The molecule has 2 aromatic rings. The van der Waals surface area contributed by atoms with Gasteiger partial charge in [0.25, 0.3) is 0 Å². The Kier molecular flexibility index (Phi) is 5.84. The minimum atomic E-state index is 0.0182. The summed E-state index contributed by atoms with van der Waals surface area (Å²) < 4.78 is 0. The largest absolute Gasteiger partial charge is 0.325 e. The third-order valence-electron chi connectivity index (χ3n) is 2.95. The number of benzene rings is 2. The van der Waals surface area contributed by atoms with E-state index in [1.165, 1.54) is 5.56 Å². The molecule has 4 heteroatoms. The van der Waals surface area contributed by atoms with Gasteiger partial charge in [0.1, 0.15) is 0 Å². The second-order valence-electron chi connectivity index (χ2n) is 4.88. The highest BCUT2D eigenvalue weighted by molar-refractivity contribution is 8.00. The molecule has 0 aliphatic rings. The lowest BCUT2D eigenvalue weighted by Gasteiger charge is -2.07. The van der Waals surface area contributed by atoms with E-state index in [9.17, 15) is 4.79 Å². The Labute approximate surface area is 130 Å². The fourth-order valence-corrected chi connectivity index (χ4v) is 2.80. The van der Waals surface area contributed by atoms with Crippen LogP contribution in [0.15, 0.2) is 53.4 Å². The van der Waals surface area contributed by atoms with E-state index in [1.54, 1.807) is 11.8 Å². The second-order valence-corrected chi connectivity index (χ2v) is 5.93. The van der Waals surface area contributed by atoms with E-state index >= 15 is 0 Å². The van der Waals surface area contributed by atoms with Gasteiger partial charge >= 0.3 is 0 Å². The van der Waals surface area contributed by atoms with Crippen molar-refractivity contribution in [2.45, 2.75) is 18.4 Å². The molecule has 2 aromatic carbocycles. The Bertz CT molecular complexity index is 613. The van der Waals surface area contributed by atoms with Gasteiger partial charge in [-0.1, -0.05) is 24.3 Å². The number of carbonyl (C=O) groups is 1. The summed E-state index contributed by atoms with van der Waals surface area (Å²) in [6.45, 7) is 2.85. The Morgan fingerprint density at radius 2 is 1.95 bits per heavy atom. The van der Waals surface area contributed by atoms with Crippen LogP contribution in [0.3, 0.4) is 0 Å². The summed E-state index contributed by atoms with van der Waals surface area (Å²) in [5.41, 5.74) is 3.21. The van der Waals surface area contributed by atoms with Gasteiger partial charge < -0.3 is 10.6 Å². The van der Waals surface area contributed by atoms with Gasteiger partial charge in [-0.2, -0.15) is 0 Å². The zero-order valence-corrected chi connectivity index (χ0v) is 13.2. The summed E-state index contributed by atoms with van der Waals surface area (Å²) >= 11 is 1.55. The van der Waals surface area contributed by atoms with E-state index in [0.717, 1.165) is 22.7 Å². The van der Waals surface area contributed by atoms with Gasteiger partial charge in [0.2, 0.25) is 5.91 Å². The fourth-order valence-electron chi connectivity index (χ4n) is 2.02. The van der Waals surface area contributed by atoms with Crippen molar-refractivity contribution >= 4 is 23.4 Å². The van der Waals surface area contributed by atoms with Crippen molar-refractivity contribution in [2.75, 3.05) is 18.1 Å². The lowest BCUT2D eigenvalue weighted by atomic mass is 10.2. The van der Waals surface area contributed by atoms with Gasteiger partial charge in [-0.25, -0.2) is 0 Å². The Morgan fingerprint density at radius 3 is 2.71 bits per heavy atom.